The number of hydrogen-bond donors (Lipinski definition) is 0. The van der Waals surface area contributed by atoms with Gasteiger partial charge in [0.15, 0.2) is 0 Å². The lowest BCUT2D eigenvalue weighted by Crippen LogP contribution is -2.15. The van der Waals surface area contributed by atoms with Crippen LogP contribution in [0.1, 0.15) is 16.7 Å². The highest BCUT2D eigenvalue weighted by atomic mass is 35.8. The third-order valence-electron chi connectivity index (χ3n) is 2.22. The number of rotatable bonds is 2. The van der Waals surface area contributed by atoms with Crippen molar-refractivity contribution in [2.75, 3.05) is 0 Å². The first-order chi connectivity index (χ1) is 7.15. The summed E-state index contributed by atoms with van der Waals surface area (Å²) in [7, 11) is 0. The Labute approximate surface area is 125 Å². The van der Waals surface area contributed by atoms with Gasteiger partial charge in [0.1, 0.15) is 0 Å². The van der Waals surface area contributed by atoms with Crippen LogP contribution in [0.2, 0.25) is 15.1 Å². The Hall–Kier alpha value is 1.18. The molecule has 0 aliphatic heterocycles. The molecule has 0 heterocycles. The zero-order valence-electron chi connectivity index (χ0n) is 8.47. The standard InChI is InChI=1S/C9H8Cl6Si/c1-4-7(10)5(2)9(12)6(8(4)11)3-16(13,14)15/h3H2,1-2H3. The smallest absolute Gasteiger partial charge is 0.126 e. The van der Waals surface area contributed by atoms with Crippen molar-refractivity contribution in [1.29, 1.82) is 0 Å². The van der Waals surface area contributed by atoms with E-state index < -0.39 is 6.00 Å². The molecule has 0 spiro atoms. The molecule has 0 aromatic heterocycles. The van der Waals surface area contributed by atoms with E-state index in [0.29, 0.717) is 20.6 Å². The first-order valence-corrected chi connectivity index (χ1v) is 10.7. The lowest BCUT2D eigenvalue weighted by Gasteiger charge is -2.16. The molecule has 0 unspecified atom stereocenters. The van der Waals surface area contributed by atoms with E-state index in [-0.39, 0.29) is 6.04 Å². The molecule has 16 heavy (non-hydrogen) atoms. The van der Waals surface area contributed by atoms with Crippen molar-refractivity contribution in [3.05, 3.63) is 31.8 Å². The molecule has 0 saturated heterocycles. The second-order valence-electron chi connectivity index (χ2n) is 3.46. The van der Waals surface area contributed by atoms with Gasteiger partial charge in [-0.15, -0.1) is 33.2 Å². The van der Waals surface area contributed by atoms with Crippen LogP contribution in [0.4, 0.5) is 0 Å². The molecule has 0 atom stereocenters. The van der Waals surface area contributed by atoms with Crippen LogP contribution in [-0.2, 0) is 6.04 Å². The van der Waals surface area contributed by atoms with E-state index in [4.69, 9.17) is 68.0 Å². The summed E-state index contributed by atoms with van der Waals surface area (Å²) in [5.74, 6) is 0. The number of halogens is 6. The van der Waals surface area contributed by atoms with Crippen molar-refractivity contribution < 1.29 is 0 Å². The SMILES string of the molecule is Cc1c(Cl)c(C)c(Cl)c(C[Si](Cl)(Cl)Cl)c1Cl. The van der Waals surface area contributed by atoms with Crippen LogP contribution in [0.15, 0.2) is 0 Å². The predicted octanol–water partition coefficient (Wildman–Crippen LogP) is 6.00. The summed E-state index contributed by atoms with van der Waals surface area (Å²) in [6.45, 7) is 3.63. The van der Waals surface area contributed by atoms with E-state index >= 15 is 0 Å². The molecule has 0 fully saturated rings. The van der Waals surface area contributed by atoms with Gasteiger partial charge >= 0.3 is 6.00 Å². The van der Waals surface area contributed by atoms with Gasteiger partial charge in [0, 0.05) is 21.1 Å². The monoisotopic (exact) mass is 354 g/mol. The Morgan fingerprint density at radius 2 is 1.19 bits per heavy atom. The summed E-state index contributed by atoms with van der Waals surface area (Å²) in [6, 6.07) is -2.53. The van der Waals surface area contributed by atoms with Crippen molar-refractivity contribution in [3.63, 3.8) is 0 Å². The fourth-order valence-electron chi connectivity index (χ4n) is 1.38. The fourth-order valence-corrected chi connectivity index (χ4v) is 4.41. The molecular weight excluding hydrogens is 349 g/mol. The van der Waals surface area contributed by atoms with Crippen LogP contribution in [0.3, 0.4) is 0 Å². The first kappa shape index (κ1) is 15.2. The van der Waals surface area contributed by atoms with Crippen LogP contribution in [0.5, 0.6) is 0 Å². The van der Waals surface area contributed by atoms with Crippen molar-refractivity contribution in [3.8, 4) is 0 Å². The van der Waals surface area contributed by atoms with E-state index in [1.807, 2.05) is 13.8 Å². The van der Waals surface area contributed by atoms with E-state index in [9.17, 15) is 0 Å². The number of hydrogen-bond acceptors (Lipinski definition) is 0. The highest BCUT2D eigenvalue weighted by Gasteiger charge is 2.29. The predicted molar refractivity (Wildman–Crippen MR) is 78.0 cm³/mol. The van der Waals surface area contributed by atoms with Crippen LogP contribution in [0, 0.1) is 13.8 Å². The van der Waals surface area contributed by atoms with Crippen molar-refractivity contribution in [2.24, 2.45) is 0 Å². The number of benzene rings is 1. The molecule has 1 rings (SSSR count). The molecule has 1 aromatic carbocycles. The summed E-state index contributed by atoms with van der Waals surface area (Å²) < 4.78 is 0. The minimum atomic E-state index is -2.82. The highest BCUT2D eigenvalue weighted by Crippen LogP contribution is 2.40. The van der Waals surface area contributed by atoms with Gasteiger partial charge in [-0.25, -0.2) is 0 Å². The summed E-state index contributed by atoms with van der Waals surface area (Å²) in [4.78, 5) is 0. The molecule has 0 aliphatic carbocycles. The molecule has 0 nitrogen and oxygen atoms in total. The second-order valence-corrected chi connectivity index (χ2v) is 13.7. The topological polar surface area (TPSA) is 0 Å². The second kappa shape index (κ2) is 5.44. The zero-order valence-corrected chi connectivity index (χ0v) is 14.0. The lowest BCUT2D eigenvalue weighted by atomic mass is 10.1. The molecule has 1 aromatic rings. The Kier molecular flexibility index (Phi) is 5.18. The maximum atomic E-state index is 6.16. The summed E-state index contributed by atoms with van der Waals surface area (Å²) >= 11 is 36.0. The Bertz CT molecular complexity index is 394. The van der Waals surface area contributed by atoms with E-state index in [2.05, 4.69) is 0 Å². The minimum absolute atomic E-state index is 0.286. The van der Waals surface area contributed by atoms with E-state index in [0.717, 1.165) is 11.1 Å². The quantitative estimate of drug-likeness (QED) is 0.450. The molecule has 90 valence electrons. The van der Waals surface area contributed by atoms with Gasteiger partial charge in [0.05, 0.1) is 0 Å². The van der Waals surface area contributed by atoms with Gasteiger partial charge in [-0.05, 0) is 30.5 Å². The summed E-state index contributed by atoms with van der Waals surface area (Å²) in [5.41, 5.74) is 2.21. The zero-order chi connectivity index (χ0) is 12.7. The summed E-state index contributed by atoms with van der Waals surface area (Å²) in [5, 5.41) is 1.53. The molecule has 0 radical (unpaired) electrons. The molecule has 0 amide bonds. The van der Waals surface area contributed by atoms with Crippen molar-refractivity contribution in [1.82, 2.24) is 0 Å². The van der Waals surface area contributed by atoms with Gasteiger partial charge in [0.2, 0.25) is 0 Å². The van der Waals surface area contributed by atoms with Crippen molar-refractivity contribution in [2.45, 2.75) is 19.9 Å². The van der Waals surface area contributed by atoms with Gasteiger partial charge in [-0.1, -0.05) is 34.8 Å². The molecule has 0 bridgehead atoms. The molecule has 7 heteroatoms. The molecule has 0 saturated carbocycles. The van der Waals surface area contributed by atoms with Crippen molar-refractivity contribution >= 4 is 74.0 Å². The summed E-state index contributed by atoms with van der Waals surface area (Å²) in [6.07, 6.45) is 0. The first-order valence-electron chi connectivity index (χ1n) is 4.34. The van der Waals surface area contributed by atoms with Gasteiger partial charge in [-0.2, -0.15) is 0 Å². The van der Waals surface area contributed by atoms with Crippen LogP contribution in [0.25, 0.3) is 0 Å². The van der Waals surface area contributed by atoms with E-state index in [1.165, 1.54) is 0 Å². The average Bonchev–Trinajstić information content (AvgIpc) is 2.17. The fraction of sp³-hybridized carbons (Fsp3) is 0.333. The third-order valence-corrected chi connectivity index (χ3v) is 5.77. The largest absolute Gasteiger partial charge is 0.345 e. The minimum Gasteiger partial charge on any atom is -0.126 e. The lowest BCUT2D eigenvalue weighted by molar-refractivity contribution is 1.29. The van der Waals surface area contributed by atoms with Gasteiger partial charge in [-0.3, -0.25) is 0 Å². The normalized spacial score (nSPS) is 12.0. The maximum Gasteiger partial charge on any atom is 0.345 e. The Morgan fingerprint density at radius 1 is 0.812 bits per heavy atom. The highest BCUT2D eigenvalue weighted by molar-refractivity contribution is 7.64. The third kappa shape index (κ3) is 3.35. The average molecular weight is 357 g/mol. The molecule has 0 N–H and O–H groups in total. The van der Waals surface area contributed by atoms with Crippen LogP contribution >= 0.6 is 68.0 Å². The van der Waals surface area contributed by atoms with E-state index in [1.54, 1.807) is 0 Å². The van der Waals surface area contributed by atoms with Crippen LogP contribution in [-0.4, -0.2) is 6.00 Å². The van der Waals surface area contributed by atoms with Crippen LogP contribution < -0.4 is 0 Å². The molecule has 0 aliphatic rings. The van der Waals surface area contributed by atoms with Gasteiger partial charge in [0.25, 0.3) is 0 Å². The molecular formula is C9H8Cl6Si. The van der Waals surface area contributed by atoms with Gasteiger partial charge < -0.3 is 0 Å². The Morgan fingerprint density at radius 3 is 1.50 bits per heavy atom. The maximum absolute atomic E-state index is 6.16. The Balaban J connectivity index is 3.40.